The predicted molar refractivity (Wildman–Crippen MR) is 59.2 cm³/mol. The first-order valence-corrected chi connectivity index (χ1v) is 6.03. The molecule has 0 bridgehead atoms. The molecule has 0 aliphatic rings. The fourth-order valence-corrected chi connectivity index (χ4v) is 1.90. The smallest absolute Gasteiger partial charge is 0.297 e. The van der Waals surface area contributed by atoms with E-state index in [1.807, 2.05) is 0 Å². The Morgan fingerprint density at radius 3 is 2.50 bits per heavy atom. The Hall–Kier alpha value is -1.35. The summed E-state index contributed by atoms with van der Waals surface area (Å²) in [6.07, 6.45) is 4.95. The average Bonchev–Trinajstić information content (AvgIpc) is 2.30. The molecule has 4 nitrogen and oxygen atoms in total. The fraction of sp³-hybridized carbons (Fsp3) is 0.273. The Labute approximate surface area is 95.3 Å². The lowest BCUT2D eigenvalue weighted by molar-refractivity contribution is 0.127. The van der Waals surface area contributed by atoms with Crippen molar-refractivity contribution in [3.8, 4) is 12.3 Å². The van der Waals surface area contributed by atoms with Gasteiger partial charge in [-0.15, -0.1) is 6.42 Å². The summed E-state index contributed by atoms with van der Waals surface area (Å²) in [5, 5.41) is 0. The van der Waals surface area contributed by atoms with Crippen LogP contribution in [0.4, 0.5) is 0 Å². The van der Waals surface area contributed by atoms with Gasteiger partial charge in [-0.05, 0) is 12.1 Å². The molecule has 0 aliphatic heterocycles. The molecule has 1 aromatic carbocycles. The molecule has 0 heterocycles. The number of rotatable bonds is 6. The number of ether oxygens (including phenoxy) is 1. The fourth-order valence-electron chi connectivity index (χ4n) is 0.989. The van der Waals surface area contributed by atoms with Crippen molar-refractivity contribution in [2.24, 2.45) is 0 Å². The standard InChI is InChI=1S/C11H12O4S/c1-2-8-14-9-10-15-16(12,13)11-6-4-3-5-7-11/h1,3-7H,8-10H2. The SMILES string of the molecule is C#CCOCCOS(=O)(=O)c1ccccc1. The maximum atomic E-state index is 11.5. The average molecular weight is 240 g/mol. The highest BCUT2D eigenvalue weighted by Gasteiger charge is 2.13. The maximum Gasteiger partial charge on any atom is 0.297 e. The summed E-state index contributed by atoms with van der Waals surface area (Å²) in [5.41, 5.74) is 0. The van der Waals surface area contributed by atoms with Gasteiger partial charge >= 0.3 is 0 Å². The first-order valence-electron chi connectivity index (χ1n) is 4.62. The molecule has 0 N–H and O–H groups in total. The van der Waals surface area contributed by atoms with Gasteiger partial charge in [-0.3, -0.25) is 4.18 Å². The topological polar surface area (TPSA) is 52.6 Å². The van der Waals surface area contributed by atoms with E-state index in [-0.39, 0.29) is 24.7 Å². The van der Waals surface area contributed by atoms with Crippen molar-refractivity contribution < 1.29 is 17.3 Å². The number of hydrogen-bond acceptors (Lipinski definition) is 4. The van der Waals surface area contributed by atoms with Crippen molar-refractivity contribution in [3.05, 3.63) is 30.3 Å². The van der Waals surface area contributed by atoms with Gasteiger partial charge in [0.05, 0.1) is 18.1 Å². The molecule has 0 unspecified atom stereocenters. The van der Waals surface area contributed by atoms with Gasteiger partial charge in [0, 0.05) is 0 Å². The second-order valence-electron chi connectivity index (χ2n) is 2.85. The third kappa shape index (κ3) is 4.03. The van der Waals surface area contributed by atoms with Gasteiger partial charge in [-0.1, -0.05) is 24.1 Å². The number of terminal acetylenes is 1. The minimum absolute atomic E-state index is 0.0428. The minimum Gasteiger partial charge on any atom is -0.366 e. The number of hydrogen-bond donors (Lipinski definition) is 0. The van der Waals surface area contributed by atoms with Crippen molar-refractivity contribution >= 4 is 10.1 Å². The molecular formula is C11H12O4S. The Kier molecular flexibility index (Phi) is 4.99. The van der Waals surface area contributed by atoms with Crippen LogP contribution in [0.2, 0.25) is 0 Å². The first kappa shape index (κ1) is 12.7. The molecule has 1 aromatic rings. The monoisotopic (exact) mass is 240 g/mol. The third-order valence-electron chi connectivity index (χ3n) is 1.68. The van der Waals surface area contributed by atoms with Gasteiger partial charge in [-0.2, -0.15) is 8.42 Å². The van der Waals surface area contributed by atoms with E-state index in [1.54, 1.807) is 18.2 Å². The van der Waals surface area contributed by atoms with E-state index in [2.05, 4.69) is 5.92 Å². The van der Waals surface area contributed by atoms with E-state index in [1.165, 1.54) is 12.1 Å². The van der Waals surface area contributed by atoms with E-state index in [0.717, 1.165) is 0 Å². The lowest BCUT2D eigenvalue weighted by Gasteiger charge is -2.04. The normalized spacial score (nSPS) is 10.9. The number of benzene rings is 1. The van der Waals surface area contributed by atoms with Gasteiger partial charge in [0.15, 0.2) is 0 Å². The van der Waals surface area contributed by atoms with E-state index in [0.29, 0.717) is 0 Å². The first-order chi connectivity index (χ1) is 7.67. The molecule has 86 valence electrons. The molecule has 0 atom stereocenters. The van der Waals surface area contributed by atoms with Crippen LogP contribution in [-0.4, -0.2) is 28.2 Å². The van der Waals surface area contributed by atoms with Crippen LogP contribution in [0.5, 0.6) is 0 Å². The van der Waals surface area contributed by atoms with E-state index < -0.39 is 10.1 Å². The third-order valence-corrected chi connectivity index (χ3v) is 3.01. The highest BCUT2D eigenvalue weighted by atomic mass is 32.2. The van der Waals surface area contributed by atoms with Crippen molar-refractivity contribution in [1.29, 1.82) is 0 Å². The molecule has 0 fully saturated rings. The molecule has 0 saturated heterocycles. The summed E-state index contributed by atoms with van der Waals surface area (Å²) in [6, 6.07) is 7.93. The largest absolute Gasteiger partial charge is 0.366 e. The van der Waals surface area contributed by atoms with Gasteiger partial charge in [0.1, 0.15) is 6.61 Å². The summed E-state index contributed by atoms with van der Waals surface area (Å²) < 4.78 is 32.7. The minimum atomic E-state index is -3.68. The molecule has 0 saturated carbocycles. The molecule has 0 amide bonds. The Balaban J connectivity index is 2.45. The molecule has 5 heteroatoms. The van der Waals surface area contributed by atoms with Crippen molar-refractivity contribution in [3.63, 3.8) is 0 Å². The van der Waals surface area contributed by atoms with Gasteiger partial charge in [0.25, 0.3) is 10.1 Å². The molecule has 0 aromatic heterocycles. The van der Waals surface area contributed by atoms with Crippen LogP contribution >= 0.6 is 0 Å². The van der Waals surface area contributed by atoms with Crippen molar-refractivity contribution in [2.45, 2.75) is 4.90 Å². The summed E-state index contributed by atoms with van der Waals surface area (Å²) in [4.78, 5) is 0.131. The quantitative estimate of drug-likeness (QED) is 0.423. The summed E-state index contributed by atoms with van der Waals surface area (Å²) in [6.45, 7) is 0.254. The zero-order valence-electron chi connectivity index (χ0n) is 8.63. The lowest BCUT2D eigenvalue weighted by atomic mass is 10.4. The van der Waals surface area contributed by atoms with Crippen LogP contribution in [0.15, 0.2) is 35.2 Å². The second kappa shape index (κ2) is 6.28. The van der Waals surface area contributed by atoms with Gasteiger partial charge in [-0.25, -0.2) is 0 Å². The molecular weight excluding hydrogens is 228 g/mol. The van der Waals surface area contributed by atoms with Gasteiger partial charge < -0.3 is 4.74 Å². The molecule has 0 spiro atoms. The van der Waals surface area contributed by atoms with Crippen LogP contribution in [0.1, 0.15) is 0 Å². The molecule has 0 aliphatic carbocycles. The summed E-state index contributed by atoms with van der Waals surface area (Å²) in [5.74, 6) is 2.27. The second-order valence-corrected chi connectivity index (χ2v) is 4.46. The molecule has 1 rings (SSSR count). The molecule has 0 radical (unpaired) electrons. The van der Waals surface area contributed by atoms with Crippen LogP contribution in [0, 0.1) is 12.3 Å². The highest BCUT2D eigenvalue weighted by Crippen LogP contribution is 2.10. The zero-order valence-corrected chi connectivity index (χ0v) is 9.44. The van der Waals surface area contributed by atoms with Crippen LogP contribution in [0.3, 0.4) is 0 Å². The Morgan fingerprint density at radius 2 is 1.88 bits per heavy atom. The van der Waals surface area contributed by atoms with E-state index >= 15 is 0 Å². The van der Waals surface area contributed by atoms with E-state index in [4.69, 9.17) is 15.3 Å². The van der Waals surface area contributed by atoms with Crippen LogP contribution < -0.4 is 0 Å². The zero-order chi connectivity index (χ0) is 11.9. The predicted octanol–water partition coefficient (Wildman–Crippen LogP) is 1.04. The van der Waals surface area contributed by atoms with E-state index in [9.17, 15) is 8.42 Å². The van der Waals surface area contributed by atoms with Crippen LogP contribution in [-0.2, 0) is 19.0 Å². The summed E-state index contributed by atoms with van der Waals surface area (Å²) in [7, 11) is -3.68. The van der Waals surface area contributed by atoms with Gasteiger partial charge in [0.2, 0.25) is 0 Å². The highest BCUT2D eigenvalue weighted by molar-refractivity contribution is 7.86. The molecule has 16 heavy (non-hydrogen) atoms. The summed E-state index contributed by atoms with van der Waals surface area (Å²) >= 11 is 0. The Morgan fingerprint density at radius 1 is 1.19 bits per heavy atom. The maximum absolute atomic E-state index is 11.5. The van der Waals surface area contributed by atoms with Crippen molar-refractivity contribution in [1.82, 2.24) is 0 Å². The lowest BCUT2D eigenvalue weighted by Crippen LogP contribution is -2.11. The Bertz CT molecular complexity index is 445. The van der Waals surface area contributed by atoms with Crippen molar-refractivity contribution in [2.75, 3.05) is 19.8 Å². The van der Waals surface area contributed by atoms with Crippen LogP contribution in [0.25, 0.3) is 0 Å².